The van der Waals surface area contributed by atoms with Crippen LogP contribution in [0.2, 0.25) is 5.02 Å². The third-order valence-corrected chi connectivity index (χ3v) is 5.53. The molecule has 1 unspecified atom stereocenters. The van der Waals surface area contributed by atoms with Gasteiger partial charge in [-0.1, -0.05) is 23.7 Å². The Bertz CT molecular complexity index is 653. The summed E-state index contributed by atoms with van der Waals surface area (Å²) in [6.07, 6.45) is 1.63. The third kappa shape index (κ3) is 2.35. The third-order valence-electron chi connectivity index (χ3n) is 2.61. The van der Waals surface area contributed by atoms with Crippen LogP contribution < -0.4 is 0 Å². The molecule has 92 valence electrons. The van der Waals surface area contributed by atoms with E-state index in [0.29, 0.717) is 9.90 Å². The van der Waals surface area contributed by atoms with E-state index in [0.717, 1.165) is 20.9 Å². The molecule has 1 heterocycles. The van der Waals surface area contributed by atoms with E-state index in [4.69, 9.17) is 16.9 Å². The molecule has 0 spiro atoms. The first-order chi connectivity index (χ1) is 8.54. The SMILES string of the molecule is Cc1c(C#N)sc(S(C)=O)c1-c1ccc(Cl)cc1. The lowest BCUT2D eigenvalue weighted by Gasteiger charge is -2.04. The second-order valence-corrected chi connectivity index (χ2v) is 6.82. The number of halogens is 1. The van der Waals surface area contributed by atoms with Crippen LogP contribution in [0.25, 0.3) is 11.1 Å². The molecule has 18 heavy (non-hydrogen) atoms. The second-order valence-electron chi connectivity index (χ2n) is 3.79. The smallest absolute Gasteiger partial charge is 0.110 e. The second kappa shape index (κ2) is 5.23. The Kier molecular flexibility index (Phi) is 3.86. The molecule has 1 aromatic heterocycles. The fourth-order valence-corrected chi connectivity index (χ4v) is 4.01. The van der Waals surface area contributed by atoms with Crippen LogP contribution in [0.4, 0.5) is 0 Å². The number of hydrogen-bond acceptors (Lipinski definition) is 3. The van der Waals surface area contributed by atoms with Gasteiger partial charge in [-0.3, -0.25) is 4.21 Å². The van der Waals surface area contributed by atoms with Gasteiger partial charge in [-0.15, -0.1) is 11.3 Å². The molecule has 0 radical (unpaired) electrons. The molecule has 0 fully saturated rings. The van der Waals surface area contributed by atoms with Crippen molar-refractivity contribution in [1.82, 2.24) is 0 Å². The maximum Gasteiger partial charge on any atom is 0.110 e. The summed E-state index contributed by atoms with van der Waals surface area (Å²) in [5.41, 5.74) is 2.73. The van der Waals surface area contributed by atoms with Gasteiger partial charge in [0.1, 0.15) is 15.2 Å². The van der Waals surface area contributed by atoms with Crippen molar-refractivity contribution in [1.29, 1.82) is 5.26 Å². The van der Waals surface area contributed by atoms with Gasteiger partial charge in [-0.05, 0) is 30.2 Å². The van der Waals surface area contributed by atoms with Crippen molar-refractivity contribution in [3.8, 4) is 17.2 Å². The quantitative estimate of drug-likeness (QED) is 0.840. The van der Waals surface area contributed by atoms with Crippen LogP contribution in [-0.4, -0.2) is 10.5 Å². The first kappa shape index (κ1) is 13.3. The molecule has 1 atom stereocenters. The number of nitrogens with zero attached hydrogens (tertiary/aromatic N) is 1. The van der Waals surface area contributed by atoms with Crippen molar-refractivity contribution in [2.75, 3.05) is 6.26 Å². The minimum Gasteiger partial charge on any atom is -0.254 e. The van der Waals surface area contributed by atoms with Crippen LogP contribution in [0.1, 0.15) is 10.4 Å². The van der Waals surface area contributed by atoms with Gasteiger partial charge in [-0.25, -0.2) is 0 Å². The van der Waals surface area contributed by atoms with Crippen molar-refractivity contribution < 1.29 is 4.21 Å². The molecule has 0 aliphatic heterocycles. The molecule has 0 saturated heterocycles. The highest BCUT2D eigenvalue weighted by atomic mass is 35.5. The van der Waals surface area contributed by atoms with Gasteiger partial charge in [0, 0.05) is 16.8 Å². The molecule has 0 aliphatic rings. The molecule has 0 amide bonds. The minimum absolute atomic E-state index is 0.616. The molecule has 0 bridgehead atoms. The van der Waals surface area contributed by atoms with Gasteiger partial charge in [-0.2, -0.15) is 5.26 Å². The fourth-order valence-electron chi connectivity index (χ4n) is 1.75. The van der Waals surface area contributed by atoms with Crippen LogP contribution in [0.15, 0.2) is 28.5 Å². The van der Waals surface area contributed by atoms with E-state index in [1.54, 1.807) is 18.4 Å². The Hall–Kier alpha value is -1.15. The zero-order chi connectivity index (χ0) is 13.3. The molecule has 2 aromatic rings. The first-order valence-electron chi connectivity index (χ1n) is 5.17. The molecular weight excluding hydrogens is 286 g/mol. The number of hydrogen-bond donors (Lipinski definition) is 0. The Balaban J connectivity index is 2.70. The maximum atomic E-state index is 11.8. The standard InChI is InChI=1S/C13H10ClNOS2/c1-8-11(7-15)17-13(18(2)16)12(8)9-3-5-10(14)6-4-9/h3-6H,1-2H3. The highest BCUT2D eigenvalue weighted by Gasteiger charge is 2.18. The summed E-state index contributed by atoms with van der Waals surface area (Å²) in [6.45, 7) is 1.88. The van der Waals surface area contributed by atoms with Crippen molar-refractivity contribution in [2.24, 2.45) is 0 Å². The number of benzene rings is 1. The Morgan fingerprint density at radius 3 is 2.44 bits per heavy atom. The summed E-state index contributed by atoms with van der Waals surface area (Å²) in [6, 6.07) is 9.51. The van der Waals surface area contributed by atoms with E-state index in [-0.39, 0.29) is 0 Å². The van der Waals surface area contributed by atoms with Gasteiger partial charge in [0.15, 0.2) is 0 Å². The van der Waals surface area contributed by atoms with Gasteiger partial charge in [0.25, 0.3) is 0 Å². The van der Waals surface area contributed by atoms with E-state index in [1.165, 1.54) is 11.3 Å². The molecule has 2 rings (SSSR count). The summed E-state index contributed by atoms with van der Waals surface area (Å²) in [5.74, 6) is 0. The molecule has 0 N–H and O–H groups in total. The van der Waals surface area contributed by atoms with Crippen molar-refractivity contribution in [3.63, 3.8) is 0 Å². The summed E-state index contributed by atoms with van der Waals surface area (Å²) >= 11 is 7.16. The summed E-state index contributed by atoms with van der Waals surface area (Å²) in [5, 5.41) is 9.73. The number of nitriles is 1. The lowest BCUT2D eigenvalue weighted by molar-refractivity contribution is 0.688. The van der Waals surface area contributed by atoms with E-state index in [9.17, 15) is 4.21 Å². The molecule has 1 aromatic carbocycles. The highest BCUT2D eigenvalue weighted by Crippen LogP contribution is 2.38. The van der Waals surface area contributed by atoms with Crippen molar-refractivity contribution >= 4 is 33.7 Å². The summed E-state index contributed by atoms with van der Waals surface area (Å²) in [7, 11) is -1.10. The first-order valence-corrected chi connectivity index (χ1v) is 7.92. The van der Waals surface area contributed by atoms with Gasteiger partial charge >= 0.3 is 0 Å². The minimum atomic E-state index is -1.10. The molecular formula is C13H10ClNOS2. The molecule has 2 nitrogen and oxygen atoms in total. The fraction of sp³-hybridized carbons (Fsp3) is 0.154. The summed E-state index contributed by atoms with van der Waals surface area (Å²) < 4.78 is 12.5. The predicted octanol–water partition coefficient (Wildman–Crippen LogP) is 3.99. The highest BCUT2D eigenvalue weighted by molar-refractivity contribution is 7.86. The van der Waals surface area contributed by atoms with Crippen LogP contribution in [-0.2, 0) is 10.8 Å². The largest absolute Gasteiger partial charge is 0.254 e. The zero-order valence-corrected chi connectivity index (χ0v) is 12.2. The Morgan fingerprint density at radius 2 is 1.94 bits per heavy atom. The average Bonchev–Trinajstić information content (AvgIpc) is 2.68. The average molecular weight is 296 g/mol. The molecule has 0 aliphatic carbocycles. The van der Waals surface area contributed by atoms with Gasteiger partial charge < -0.3 is 0 Å². The maximum absolute atomic E-state index is 11.8. The number of thiophene rings is 1. The molecule has 0 saturated carbocycles. The van der Waals surface area contributed by atoms with E-state index in [1.807, 2.05) is 19.1 Å². The normalized spacial score (nSPS) is 12.1. The van der Waals surface area contributed by atoms with E-state index < -0.39 is 10.8 Å². The van der Waals surface area contributed by atoms with Crippen molar-refractivity contribution in [3.05, 3.63) is 39.7 Å². The van der Waals surface area contributed by atoms with Crippen LogP contribution in [0, 0.1) is 18.3 Å². The Morgan fingerprint density at radius 1 is 1.33 bits per heavy atom. The zero-order valence-electron chi connectivity index (χ0n) is 9.86. The van der Waals surface area contributed by atoms with E-state index >= 15 is 0 Å². The topological polar surface area (TPSA) is 40.9 Å². The van der Waals surface area contributed by atoms with Gasteiger partial charge in [0.05, 0.1) is 10.8 Å². The Labute approximate surface area is 117 Å². The number of rotatable bonds is 2. The molecule has 5 heteroatoms. The van der Waals surface area contributed by atoms with Gasteiger partial charge in [0.2, 0.25) is 0 Å². The lowest BCUT2D eigenvalue weighted by Crippen LogP contribution is -1.88. The van der Waals surface area contributed by atoms with Crippen LogP contribution in [0.5, 0.6) is 0 Å². The van der Waals surface area contributed by atoms with Crippen LogP contribution >= 0.6 is 22.9 Å². The van der Waals surface area contributed by atoms with Crippen LogP contribution in [0.3, 0.4) is 0 Å². The van der Waals surface area contributed by atoms with Crippen molar-refractivity contribution in [2.45, 2.75) is 11.1 Å². The lowest BCUT2D eigenvalue weighted by atomic mass is 10.0. The van der Waals surface area contributed by atoms with E-state index in [2.05, 4.69) is 6.07 Å². The summed E-state index contributed by atoms with van der Waals surface area (Å²) in [4.78, 5) is 0.616. The monoisotopic (exact) mass is 295 g/mol. The predicted molar refractivity (Wildman–Crippen MR) is 76.5 cm³/mol.